The first-order chi connectivity index (χ1) is 23.8. The zero-order valence-electron chi connectivity index (χ0n) is 31.0. The van der Waals surface area contributed by atoms with Crippen molar-refractivity contribution in [2.24, 2.45) is 10.8 Å². The molecule has 6 aromatic rings. The van der Waals surface area contributed by atoms with Gasteiger partial charge in [0.05, 0.1) is 39.6 Å². The van der Waals surface area contributed by atoms with Gasteiger partial charge in [0.2, 0.25) is 0 Å². The van der Waals surface area contributed by atoms with Gasteiger partial charge < -0.3 is 18.9 Å². The second-order valence-corrected chi connectivity index (χ2v) is 17.6. The van der Waals surface area contributed by atoms with Gasteiger partial charge in [-0.15, -0.1) is 0 Å². The van der Waals surface area contributed by atoms with Gasteiger partial charge in [-0.25, -0.2) is 0 Å². The van der Waals surface area contributed by atoms with Crippen LogP contribution < -0.4 is 9.47 Å². The third kappa shape index (κ3) is 5.43. The molecule has 8 rings (SSSR count). The summed E-state index contributed by atoms with van der Waals surface area (Å²) in [7, 11) is 0. The molecule has 258 valence electrons. The highest BCUT2D eigenvalue weighted by atomic mass is 16.5. The fourth-order valence-corrected chi connectivity index (χ4v) is 8.02. The molecule has 2 aliphatic rings. The van der Waals surface area contributed by atoms with Crippen LogP contribution in [-0.2, 0) is 20.3 Å². The van der Waals surface area contributed by atoms with Crippen molar-refractivity contribution in [1.29, 1.82) is 0 Å². The molecular weight excluding hydrogens is 617 g/mol. The fraction of sp³-hybridized carbons (Fsp3) is 0.391. The molecule has 0 amide bonds. The van der Waals surface area contributed by atoms with Crippen molar-refractivity contribution >= 4 is 43.1 Å². The first-order valence-corrected chi connectivity index (χ1v) is 18.2. The molecule has 2 aliphatic heterocycles. The summed E-state index contributed by atoms with van der Waals surface area (Å²) < 4.78 is 25.2. The molecule has 0 spiro atoms. The molecule has 4 heteroatoms. The lowest BCUT2D eigenvalue weighted by atomic mass is 9.77. The van der Waals surface area contributed by atoms with Crippen LogP contribution in [0.2, 0.25) is 0 Å². The summed E-state index contributed by atoms with van der Waals surface area (Å²) >= 11 is 0. The highest BCUT2D eigenvalue weighted by Gasteiger charge is 2.37. The van der Waals surface area contributed by atoms with E-state index in [1.807, 2.05) is 0 Å². The molecule has 0 radical (unpaired) electrons. The summed E-state index contributed by atoms with van der Waals surface area (Å²) in [6, 6.07) is 31.3. The molecule has 2 fully saturated rings. The van der Waals surface area contributed by atoms with E-state index < -0.39 is 0 Å². The molecule has 0 atom stereocenters. The van der Waals surface area contributed by atoms with Crippen molar-refractivity contribution in [3.05, 3.63) is 96.1 Å². The molecule has 0 N–H and O–H groups in total. The van der Waals surface area contributed by atoms with E-state index in [4.69, 9.17) is 18.9 Å². The van der Waals surface area contributed by atoms with Gasteiger partial charge in [0.15, 0.2) is 0 Å². The van der Waals surface area contributed by atoms with Gasteiger partial charge in [-0.1, -0.05) is 140 Å². The van der Waals surface area contributed by atoms with Gasteiger partial charge in [0.25, 0.3) is 0 Å². The minimum Gasteiger partial charge on any atom is -0.492 e. The van der Waals surface area contributed by atoms with Crippen LogP contribution in [0.25, 0.3) is 54.2 Å². The predicted molar refractivity (Wildman–Crippen MR) is 208 cm³/mol. The molecule has 0 saturated carbocycles. The Morgan fingerprint density at radius 3 is 1.14 bits per heavy atom. The molecule has 2 heterocycles. The summed E-state index contributed by atoms with van der Waals surface area (Å²) in [6.07, 6.45) is 0. The van der Waals surface area contributed by atoms with E-state index in [2.05, 4.69) is 140 Å². The number of hydrogen-bond donors (Lipinski definition) is 0. The average Bonchev–Trinajstić information content (AvgIpc) is 3.06. The Bertz CT molecular complexity index is 2110. The third-order valence-electron chi connectivity index (χ3n) is 10.8. The number of hydrogen-bond acceptors (Lipinski definition) is 4. The van der Waals surface area contributed by atoms with Crippen LogP contribution in [-0.4, -0.2) is 39.6 Å². The SMILES string of the molecule is CC1(COc2c3ccccc3c(-c3c4ccccc4c(OCC4(C)COC4)c4c(C(C)(C)C)cccc34)c3cccc(C(C)(C)C)c23)COC1. The lowest BCUT2D eigenvalue weighted by molar-refractivity contribution is -0.120. The highest BCUT2D eigenvalue weighted by molar-refractivity contribution is 6.27. The summed E-state index contributed by atoms with van der Waals surface area (Å²) in [6.45, 7) is 22.5. The van der Waals surface area contributed by atoms with Gasteiger partial charge >= 0.3 is 0 Å². The van der Waals surface area contributed by atoms with Crippen LogP contribution in [0.1, 0.15) is 66.5 Å². The summed E-state index contributed by atoms with van der Waals surface area (Å²) in [5, 5.41) is 9.46. The molecule has 2 saturated heterocycles. The maximum atomic E-state index is 6.99. The monoisotopic (exact) mass is 666 g/mol. The van der Waals surface area contributed by atoms with Crippen LogP contribution in [0.5, 0.6) is 11.5 Å². The van der Waals surface area contributed by atoms with E-state index in [9.17, 15) is 0 Å². The third-order valence-corrected chi connectivity index (χ3v) is 10.8. The van der Waals surface area contributed by atoms with Crippen LogP contribution >= 0.6 is 0 Å². The van der Waals surface area contributed by atoms with Gasteiger partial charge in [0.1, 0.15) is 11.5 Å². The van der Waals surface area contributed by atoms with E-state index in [1.165, 1.54) is 54.6 Å². The zero-order chi connectivity index (χ0) is 35.1. The topological polar surface area (TPSA) is 36.9 Å². The Hall–Kier alpha value is -4.12. The molecule has 4 nitrogen and oxygen atoms in total. The molecule has 0 aromatic heterocycles. The van der Waals surface area contributed by atoms with Crippen molar-refractivity contribution < 1.29 is 18.9 Å². The van der Waals surface area contributed by atoms with Crippen molar-refractivity contribution in [3.8, 4) is 22.6 Å². The second-order valence-electron chi connectivity index (χ2n) is 17.6. The maximum absolute atomic E-state index is 6.99. The van der Waals surface area contributed by atoms with Crippen molar-refractivity contribution in [2.45, 2.75) is 66.2 Å². The minimum absolute atomic E-state index is 0.0110. The Morgan fingerprint density at radius 2 is 0.820 bits per heavy atom. The van der Waals surface area contributed by atoms with Gasteiger partial charge in [-0.05, 0) is 54.6 Å². The maximum Gasteiger partial charge on any atom is 0.135 e. The first kappa shape index (κ1) is 33.0. The molecular formula is C46H50O4. The van der Waals surface area contributed by atoms with Crippen molar-refractivity contribution in [2.75, 3.05) is 39.6 Å². The van der Waals surface area contributed by atoms with E-state index in [0.717, 1.165) is 48.7 Å². The Balaban J connectivity index is 1.52. The normalized spacial score (nSPS) is 17.2. The lowest BCUT2D eigenvalue weighted by Gasteiger charge is -2.38. The molecule has 0 aliphatic carbocycles. The number of benzene rings is 6. The second kappa shape index (κ2) is 11.7. The summed E-state index contributed by atoms with van der Waals surface area (Å²) in [4.78, 5) is 0. The lowest BCUT2D eigenvalue weighted by Crippen LogP contribution is -2.44. The quantitative estimate of drug-likeness (QED) is 0.159. The predicted octanol–water partition coefficient (Wildman–Crippen LogP) is 11.4. The number of ether oxygens (including phenoxy) is 4. The zero-order valence-corrected chi connectivity index (χ0v) is 31.0. The van der Waals surface area contributed by atoms with Crippen molar-refractivity contribution in [3.63, 3.8) is 0 Å². The van der Waals surface area contributed by atoms with Crippen LogP contribution in [0.4, 0.5) is 0 Å². The smallest absolute Gasteiger partial charge is 0.135 e. The van der Waals surface area contributed by atoms with E-state index in [1.54, 1.807) is 0 Å². The Labute approximate surface area is 296 Å². The number of fused-ring (bicyclic) bond motifs is 4. The molecule has 6 aromatic carbocycles. The summed E-state index contributed by atoms with van der Waals surface area (Å²) in [5.74, 6) is 1.94. The van der Waals surface area contributed by atoms with E-state index in [0.29, 0.717) is 13.2 Å². The average molecular weight is 667 g/mol. The van der Waals surface area contributed by atoms with Crippen LogP contribution in [0.3, 0.4) is 0 Å². The standard InChI is InChI=1S/C46H50O4/c1-43(2,3)35-21-13-19-33-37(29-15-9-11-17-31(29)41(39(33)35)49-27-45(7)23-47-24-45)38-30-16-10-12-18-32(30)42(50-28-46(8)25-48-26-46)40-34(38)20-14-22-36(40)44(4,5)6/h9-22H,23-28H2,1-8H3. The minimum atomic E-state index is -0.108. The van der Waals surface area contributed by atoms with Gasteiger partial charge in [-0.3, -0.25) is 0 Å². The van der Waals surface area contributed by atoms with Crippen LogP contribution in [0.15, 0.2) is 84.9 Å². The molecule has 0 bridgehead atoms. The fourth-order valence-electron chi connectivity index (χ4n) is 8.02. The van der Waals surface area contributed by atoms with Gasteiger partial charge in [0, 0.05) is 32.4 Å². The number of rotatable bonds is 7. The Morgan fingerprint density at radius 1 is 0.480 bits per heavy atom. The summed E-state index contributed by atoms with van der Waals surface area (Å²) in [5.41, 5.74) is 4.86. The Kier molecular flexibility index (Phi) is 7.74. The molecule has 50 heavy (non-hydrogen) atoms. The van der Waals surface area contributed by atoms with E-state index in [-0.39, 0.29) is 21.7 Å². The first-order valence-electron chi connectivity index (χ1n) is 18.2. The molecule has 0 unspecified atom stereocenters. The van der Waals surface area contributed by atoms with Crippen LogP contribution in [0, 0.1) is 10.8 Å². The van der Waals surface area contributed by atoms with Gasteiger partial charge in [-0.2, -0.15) is 0 Å². The van der Waals surface area contributed by atoms with E-state index >= 15 is 0 Å². The largest absolute Gasteiger partial charge is 0.492 e. The highest BCUT2D eigenvalue weighted by Crippen LogP contribution is 2.53. The van der Waals surface area contributed by atoms with Crippen molar-refractivity contribution in [1.82, 2.24) is 0 Å².